The Morgan fingerprint density at radius 2 is 1.89 bits per heavy atom. The predicted octanol–water partition coefficient (Wildman–Crippen LogP) is 5.74. The highest BCUT2D eigenvalue weighted by molar-refractivity contribution is 7.92. The van der Waals surface area contributed by atoms with E-state index in [4.69, 9.17) is 40.2 Å². The van der Waals surface area contributed by atoms with E-state index in [1.54, 1.807) is 30.5 Å². The van der Waals surface area contributed by atoms with Gasteiger partial charge in [0.25, 0.3) is 0 Å². The summed E-state index contributed by atoms with van der Waals surface area (Å²) in [6.07, 6.45) is 4.74. The smallest absolute Gasteiger partial charge is 0.229 e. The van der Waals surface area contributed by atoms with Gasteiger partial charge in [0.2, 0.25) is 10.0 Å². The summed E-state index contributed by atoms with van der Waals surface area (Å²) in [4.78, 5) is 6.54. The molecule has 38 heavy (non-hydrogen) atoms. The topological polar surface area (TPSA) is 88.5 Å². The molecule has 2 atom stereocenters. The van der Waals surface area contributed by atoms with Crippen molar-refractivity contribution in [3.63, 3.8) is 0 Å². The van der Waals surface area contributed by atoms with Crippen LogP contribution in [-0.4, -0.2) is 36.4 Å². The molecular formula is C26H23Cl2N5O3S2. The number of ether oxygens (including phenoxy) is 1. The number of halogens is 2. The number of thiocarbonyl (C=S) groups is 1. The monoisotopic (exact) mass is 587 g/mol. The number of rotatable bonds is 7. The van der Waals surface area contributed by atoms with Crippen LogP contribution >= 0.6 is 35.4 Å². The van der Waals surface area contributed by atoms with E-state index < -0.39 is 10.0 Å². The van der Waals surface area contributed by atoms with Crippen molar-refractivity contribution in [1.82, 2.24) is 14.9 Å². The third-order valence-corrected chi connectivity index (χ3v) is 7.55. The zero-order valence-corrected chi connectivity index (χ0v) is 23.4. The van der Waals surface area contributed by atoms with Gasteiger partial charge < -0.3 is 19.5 Å². The fourth-order valence-electron chi connectivity index (χ4n) is 4.59. The van der Waals surface area contributed by atoms with Gasteiger partial charge >= 0.3 is 0 Å². The second-order valence-electron chi connectivity index (χ2n) is 8.65. The number of hydrogen-bond acceptors (Lipinski definition) is 5. The van der Waals surface area contributed by atoms with Gasteiger partial charge in [-0.15, -0.1) is 0 Å². The summed E-state index contributed by atoms with van der Waals surface area (Å²) < 4.78 is 34.0. The molecule has 2 aromatic heterocycles. The Hall–Kier alpha value is -3.31. The molecule has 1 aliphatic rings. The molecule has 3 heterocycles. The number of anilines is 2. The number of nitrogens with one attached hydrogen (secondary N) is 2. The van der Waals surface area contributed by atoms with Crippen LogP contribution in [0.4, 0.5) is 11.4 Å². The second kappa shape index (κ2) is 10.5. The SMILES string of the molecule is COc1ccc(N2C(=S)N[C@H](c3ccccn3)[C@H]2c2cccn2-c2ccc(Cl)cc2Cl)cc1NS(C)(=O)=O. The Kier molecular flexibility index (Phi) is 7.23. The van der Waals surface area contributed by atoms with E-state index >= 15 is 0 Å². The van der Waals surface area contributed by atoms with Crippen LogP contribution in [0.1, 0.15) is 23.5 Å². The van der Waals surface area contributed by atoms with Crippen LogP contribution in [0.25, 0.3) is 5.69 Å². The summed E-state index contributed by atoms with van der Waals surface area (Å²) in [6.45, 7) is 0. The molecule has 12 heteroatoms. The maximum absolute atomic E-state index is 12.1. The number of benzene rings is 2. The number of hydrogen-bond donors (Lipinski definition) is 2. The van der Waals surface area contributed by atoms with Gasteiger partial charge in [0.05, 0.1) is 41.5 Å². The summed E-state index contributed by atoms with van der Waals surface area (Å²) in [6, 6.07) is 19.5. The number of methoxy groups -OCH3 is 1. The first kappa shape index (κ1) is 26.3. The molecule has 0 spiro atoms. The molecule has 0 saturated carbocycles. The minimum atomic E-state index is -3.56. The number of pyridine rings is 1. The fraction of sp³-hybridized carbons (Fsp3) is 0.154. The standard InChI is InChI=1S/C26H23Cl2N5O3S2/c1-36-23-11-9-17(15-20(23)31-38(2,34)35)33-25(24(30-26(33)37)19-6-3-4-12-29-19)22-7-5-13-32(22)21-10-8-16(27)14-18(21)28/h3-15,24-25,31H,1-2H3,(H,30,37)/t24-,25-/m1/s1. The van der Waals surface area contributed by atoms with Gasteiger partial charge in [-0.1, -0.05) is 29.3 Å². The van der Waals surface area contributed by atoms with Crippen molar-refractivity contribution in [3.05, 3.63) is 101 Å². The molecule has 1 aliphatic heterocycles. The molecule has 4 aromatic rings. The predicted molar refractivity (Wildman–Crippen MR) is 155 cm³/mol. The van der Waals surface area contributed by atoms with E-state index in [0.717, 1.165) is 23.3 Å². The molecular weight excluding hydrogens is 565 g/mol. The van der Waals surface area contributed by atoms with Gasteiger partial charge in [0.1, 0.15) is 11.8 Å². The molecule has 0 radical (unpaired) electrons. The van der Waals surface area contributed by atoms with Crippen LogP contribution in [0.15, 0.2) is 79.1 Å². The Bertz CT molecular complexity index is 1610. The van der Waals surface area contributed by atoms with Crippen LogP contribution in [0, 0.1) is 0 Å². The second-order valence-corrected chi connectivity index (χ2v) is 11.6. The lowest BCUT2D eigenvalue weighted by atomic mass is 10.0. The number of sulfonamides is 1. The summed E-state index contributed by atoms with van der Waals surface area (Å²) in [5.74, 6) is 0.381. The Labute approximate surface area is 236 Å². The highest BCUT2D eigenvalue weighted by Gasteiger charge is 2.42. The van der Waals surface area contributed by atoms with Gasteiger partial charge in [-0.05, 0) is 72.9 Å². The third-order valence-electron chi connectivity index (χ3n) is 6.11. The molecule has 5 rings (SSSR count). The van der Waals surface area contributed by atoms with E-state index in [9.17, 15) is 8.42 Å². The fourth-order valence-corrected chi connectivity index (χ4v) is 5.99. The van der Waals surface area contributed by atoms with Crippen LogP contribution in [0.5, 0.6) is 5.75 Å². The Morgan fingerprint density at radius 3 is 2.58 bits per heavy atom. The van der Waals surface area contributed by atoms with Gasteiger partial charge in [0, 0.05) is 28.8 Å². The molecule has 0 aliphatic carbocycles. The van der Waals surface area contributed by atoms with Gasteiger partial charge in [-0.25, -0.2) is 8.42 Å². The molecule has 1 saturated heterocycles. The van der Waals surface area contributed by atoms with Gasteiger partial charge in [0.15, 0.2) is 5.11 Å². The van der Waals surface area contributed by atoms with Crippen LogP contribution in [-0.2, 0) is 10.0 Å². The lowest BCUT2D eigenvalue weighted by Gasteiger charge is -2.29. The summed E-state index contributed by atoms with van der Waals surface area (Å²) in [5.41, 5.74) is 3.38. The van der Waals surface area contributed by atoms with Crippen molar-refractivity contribution < 1.29 is 13.2 Å². The zero-order chi connectivity index (χ0) is 27.0. The lowest BCUT2D eigenvalue weighted by molar-refractivity contribution is 0.417. The summed E-state index contributed by atoms with van der Waals surface area (Å²) >= 11 is 18.6. The molecule has 8 nitrogen and oxygen atoms in total. The highest BCUT2D eigenvalue weighted by Crippen LogP contribution is 2.44. The van der Waals surface area contributed by atoms with Gasteiger partial charge in [-0.2, -0.15) is 0 Å². The van der Waals surface area contributed by atoms with Crippen molar-refractivity contribution >= 4 is 61.9 Å². The molecule has 196 valence electrons. The summed E-state index contributed by atoms with van der Waals surface area (Å²) in [7, 11) is -2.08. The Morgan fingerprint density at radius 1 is 1.08 bits per heavy atom. The molecule has 2 N–H and O–H groups in total. The minimum absolute atomic E-state index is 0.298. The zero-order valence-electron chi connectivity index (χ0n) is 20.3. The average Bonchev–Trinajstić information content (AvgIpc) is 3.47. The lowest BCUT2D eigenvalue weighted by Crippen LogP contribution is -2.30. The van der Waals surface area contributed by atoms with E-state index in [0.29, 0.717) is 32.3 Å². The first-order valence-electron chi connectivity index (χ1n) is 11.5. The third kappa shape index (κ3) is 5.17. The van der Waals surface area contributed by atoms with E-state index in [1.165, 1.54) is 7.11 Å². The molecule has 0 unspecified atom stereocenters. The van der Waals surface area contributed by atoms with E-state index in [-0.39, 0.29) is 12.1 Å². The first-order valence-corrected chi connectivity index (χ1v) is 14.5. The maximum atomic E-state index is 12.1. The van der Waals surface area contributed by atoms with Crippen LogP contribution in [0.2, 0.25) is 10.0 Å². The van der Waals surface area contributed by atoms with Crippen LogP contribution < -0.4 is 19.7 Å². The number of aromatic nitrogens is 2. The molecule has 0 bridgehead atoms. The molecule has 0 amide bonds. The normalized spacial score (nSPS) is 17.4. The highest BCUT2D eigenvalue weighted by atomic mass is 35.5. The molecule has 1 fully saturated rings. The van der Waals surface area contributed by atoms with E-state index in [1.807, 2.05) is 58.1 Å². The first-order chi connectivity index (χ1) is 18.2. The largest absolute Gasteiger partial charge is 0.495 e. The molecule has 2 aromatic carbocycles. The summed E-state index contributed by atoms with van der Waals surface area (Å²) in [5, 5.41) is 4.90. The van der Waals surface area contributed by atoms with Crippen molar-refractivity contribution in [2.75, 3.05) is 23.0 Å². The average molecular weight is 589 g/mol. The van der Waals surface area contributed by atoms with Gasteiger partial charge in [-0.3, -0.25) is 9.71 Å². The van der Waals surface area contributed by atoms with Crippen molar-refractivity contribution in [1.29, 1.82) is 0 Å². The van der Waals surface area contributed by atoms with Crippen LogP contribution in [0.3, 0.4) is 0 Å². The van der Waals surface area contributed by atoms with Crippen molar-refractivity contribution in [2.45, 2.75) is 12.1 Å². The maximum Gasteiger partial charge on any atom is 0.229 e. The number of nitrogens with zero attached hydrogens (tertiary/aromatic N) is 3. The van der Waals surface area contributed by atoms with Crippen molar-refractivity contribution in [3.8, 4) is 11.4 Å². The van der Waals surface area contributed by atoms with E-state index in [2.05, 4.69) is 15.0 Å². The van der Waals surface area contributed by atoms with Crippen molar-refractivity contribution in [2.24, 2.45) is 0 Å². The Balaban J connectivity index is 1.68. The quantitative estimate of drug-likeness (QED) is 0.267. The minimum Gasteiger partial charge on any atom is -0.495 e.